The van der Waals surface area contributed by atoms with Crippen LogP contribution in [0.5, 0.6) is 11.5 Å². The van der Waals surface area contributed by atoms with E-state index >= 15 is 0 Å². The van der Waals surface area contributed by atoms with Gasteiger partial charge >= 0.3 is 0 Å². The number of anilines is 2. The fourth-order valence-corrected chi connectivity index (χ4v) is 3.90. The number of rotatable bonds is 5. The standard InChI is InChI=1S/C25H26N2O3/c1-17-8-11-19(12-9-17)26-21-14-15-27(22-7-5-4-6-20(21)22)25(28)18-10-13-23(29-2)24(16-18)30-3/h4-13,16,21,26H,14-15H2,1-3H3. The molecule has 5 nitrogen and oxygen atoms in total. The number of methoxy groups -OCH3 is 2. The molecule has 1 aliphatic rings. The molecule has 0 saturated heterocycles. The second-order valence-electron chi connectivity index (χ2n) is 7.44. The molecule has 0 aromatic heterocycles. The normalized spacial score (nSPS) is 15.3. The minimum absolute atomic E-state index is 0.0443. The minimum Gasteiger partial charge on any atom is -0.493 e. The highest BCUT2D eigenvalue weighted by molar-refractivity contribution is 6.07. The quantitative estimate of drug-likeness (QED) is 0.636. The van der Waals surface area contributed by atoms with Crippen LogP contribution in [0.15, 0.2) is 66.7 Å². The summed E-state index contributed by atoms with van der Waals surface area (Å²) in [6.07, 6.45) is 0.823. The Balaban J connectivity index is 1.62. The average molecular weight is 402 g/mol. The fraction of sp³-hybridized carbons (Fsp3) is 0.240. The van der Waals surface area contributed by atoms with Gasteiger partial charge in [-0.3, -0.25) is 4.79 Å². The molecule has 1 unspecified atom stereocenters. The van der Waals surface area contributed by atoms with Crippen LogP contribution in [-0.4, -0.2) is 26.7 Å². The second kappa shape index (κ2) is 8.49. The molecule has 1 heterocycles. The first-order valence-electron chi connectivity index (χ1n) is 10.1. The molecule has 1 aliphatic heterocycles. The van der Waals surface area contributed by atoms with Crippen LogP contribution in [0, 0.1) is 6.92 Å². The average Bonchev–Trinajstić information content (AvgIpc) is 2.79. The molecule has 30 heavy (non-hydrogen) atoms. The molecule has 1 amide bonds. The molecule has 4 rings (SSSR count). The Morgan fingerprint density at radius 1 is 0.967 bits per heavy atom. The van der Waals surface area contributed by atoms with Crippen molar-refractivity contribution in [3.63, 3.8) is 0 Å². The third-order valence-corrected chi connectivity index (χ3v) is 5.51. The van der Waals surface area contributed by atoms with Gasteiger partial charge in [-0.05, 0) is 55.3 Å². The third-order valence-electron chi connectivity index (χ3n) is 5.51. The Morgan fingerprint density at radius 3 is 2.43 bits per heavy atom. The van der Waals surface area contributed by atoms with E-state index in [1.165, 1.54) is 5.56 Å². The Labute approximate surface area is 177 Å². The smallest absolute Gasteiger partial charge is 0.258 e. The molecule has 0 aliphatic carbocycles. The lowest BCUT2D eigenvalue weighted by Crippen LogP contribution is -2.38. The van der Waals surface area contributed by atoms with Crippen molar-refractivity contribution in [2.24, 2.45) is 0 Å². The van der Waals surface area contributed by atoms with Crippen LogP contribution in [0.1, 0.15) is 33.9 Å². The highest BCUT2D eigenvalue weighted by Gasteiger charge is 2.29. The van der Waals surface area contributed by atoms with E-state index in [0.717, 1.165) is 23.4 Å². The molecule has 3 aromatic rings. The van der Waals surface area contributed by atoms with Crippen LogP contribution in [-0.2, 0) is 0 Å². The monoisotopic (exact) mass is 402 g/mol. The number of ether oxygens (including phenoxy) is 2. The lowest BCUT2D eigenvalue weighted by atomic mass is 9.95. The van der Waals surface area contributed by atoms with Crippen molar-refractivity contribution in [1.82, 2.24) is 0 Å². The van der Waals surface area contributed by atoms with E-state index < -0.39 is 0 Å². The molecule has 0 bridgehead atoms. The molecule has 0 saturated carbocycles. The number of para-hydroxylation sites is 1. The lowest BCUT2D eigenvalue weighted by Gasteiger charge is -2.35. The van der Waals surface area contributed by atoms with Crippen molar-refractivity contribution in [3.05, 3.63) is 83.4 Å². The summed E-state index contributed by atoms with van der Waals surface area (Å²) in [5.41, 5.74) is 4.95. The van der Waals surface area contributed by atoms with E-state index in [4.69, 9.17) is 9.47 Å². The number of carbonyl (C=O) groups is 1. The summed E-state index contributed by atoms with van der Waals surface area (Å²) in [5.74, 6) is 1.11. The van der Waals surface area contributed by atoms with Crippen LogP contribution < -0.4 is 19.7 Å². The fourth-order valence-electron chi connectivity index (χ4n) is 3.90. The molecule has 0 spiro atoms. The van der Waals surface area contributed by atoms with Gasteiger partial charge in [-0.25, -0.2) is 0 Å². The summed E-state index contributed by atoms with van der Waals surface area (Å²) >= 11 is 0. The number of aryl methyl sites for hydroxylation is 1. The van der Waals surface area contributed by atoms with Gasteiger partial charge in [-0.15, -0.1) is 0 Å². The van der Waals surface area contributed by atoms with Gasteiger partial charge in [-0.1, -0.05) is 35.9 Å². The van der Waals surface area contributed by atoms with Gasteiger partial charge in [0.25, 0.3) is 5.91 Å². The predicted molar refractivity (Wildman–Crippen MR) is 120 cm³/mol. The van der Waals surface area contributed by atoms with Crippen LogP contribution in [0.2, 0.25) is 0 Å². The lowest BCUT2D eigenvalue weighted by molar-refractivity contribution is 0.0984. The highest BCUT2D eigenvalue weighted by atomic mass is 16.5. The van der Waals surface area contributed by atoms with Crippen molar-refractivity contribution >= 4 is 17.3 Å². The van der Waals surface area contributed by atoms with Gasteiger partial charge < -0.3 is 19.7 Å². The zero-order valence-electron chi connectivity index (χ0n) is 17.5. The van der Waals surface area contributed by atoms with E-state index in [2.05, 4.69) is 42.6 Å². The summed E-state index contributed by atoms with van der Waals surface area (Å²) < 4.78 is 10.7. The zero-order valence-corrected chi connectivity index (χ0v) is 17.5. The summed E-state index contributed by atoms with van der Waals surface area (Å²) in [4.78, 5) is 15.2. The number of carbonyl (C=O) groups excluding carboxylic acids is 1. The first-order valence-corrected chi connectivity index (χ1v) is 10.1. The predicted octanol–water partition coefficient (Wildman–Crippen LogP) is 5.22. The van der Waals surface area contributed by atoms with Crippen LogP contribution in [0.4, 0.5) is 11.4 Å². The van der Waals surface area contributed by atoms with Gasteiger partial charge in [0.2, 0.25) is 0 Å². The number of hydrogen-bond donors (Lipinski definition) is 1. The maximum absolute atomic E-state index is 13.3. The zero-order chi connectivity index (χ0) is 21.1. The van der Waals surface area contributed by atoms with Gasteiger partial charge in [0, 0.05) is 23.5 Å². The maximum Gasteiger partial charge on any atom is 0.258 e. The molecule has 0 fully saturated rings. The van der Waals surface area contributed by atoms with Gasteiger partial charge in [0.15, 0.2) is 11.5 Å². The number of fused-ring (bicyclic) bond motifs is 1. The van der Waals surface area contributed by atoms with E-state index in [0.29, 0.717) is 23.6 Å². The van der Waals surface area contributed by atoms with Crippen molar-refractivity contribution in [2.75, 3.05) is 31.0 Å². The SMILES string of the molecule is COc1ccc(C(=O)N2CCC(Nc3ccc(C)cc3)c3ccccc32)cc1OC. The summed E-state index contributed by atoms with van der Waals surface area (Å²) in [6.45, 7) is 2.71. The first-order chi connectivity index (χ1) is 14.6. The van der Waals surface area contributed by atoms with E-state index in [-0.39, 0.29) is 11.9 Å². The number of amides is 1. The van der Waals surface area contributed by atoms with E-state index in [9.17, 15) is 4.79 Å². The Kier molecular flexibility index (Phi) is 5.61. The Morgan fingerprint density at radius 2 is 1.70 bits per heavy atom. The number of hydrogen-bond acceptors (Lipinski definition) is 4. The molecule has 3 aromatic carbocycles. The highest BCUT2D eigenvalue weighted by Crippen LogP contribution is 2.37. The molecule has 5 heteroatoms. The van der Waals surface area contributed by atoms with Gasteiger partial charge in [-0.2, -0.15) is 0 Å². The number of nitrogens with one attached hydrogen (secondary N) is 1. The van der Waals surface area contributed by atoms with E-state index in [1.54, 1.807) is 32.4 Å². The molecule has 1 atom stereocenters. The second-order valence-corrected chi connectivity index (χ2v) is 7.44. The van der Waals surface area contributed by atoms with E-state index in [1.807, 2.05) is 23.1 Å². The molecular weight excluding hydrogens is 376 g/mol. The maximum atomic E-state index is 13.3. The molecule has 1 N–H and O–H groups in total. The number of benzene rings is 3. The van der Waals surface area contributed by atoms with Crippen LogP contribution in [0.3, 0.4) is 0 Å². The van der Waals surface area contributed by atoms with Gasteiger partial charge in [0.05, 0.1) is 20.3 Å². The van der Waals surface area contributed by atoms with Crippen molar-refractivity contribution < 1.29 is 14.3 Å². The minimum atomic E-state index is -0.0443. The largest absolute Gasteiger partial charge is 0.493 e. The molecular formula is C25H26N2O3. The third kappa shape index (κ3) is 3.83. The molecule has 0 radical (unpaired) electrons. The van der Waals surface area contributed by atoms with Gasteiger partial charge in [0.1, 0.15) is 0 Å². The number of nitrogens with zero attached hydrogens (tertiary/aromatic N) is 1. The summed E-state index contributed by atoms with van der Waals surface area (Å²) in [6, 6.07) is 21.9. The topological polar surface area (TPSA) is 50.8 Å². The van der Waals surface area contributed by atoms with Crippen molar-refractivity contribution in [1.29, 1.82) is 0 Å². The van der Waals surface area contributed by atoms with Crippen molar-refractivity contribution in [2.45, 2.75) is 19.4 Å². The Bertz CT molecular complexity index is 1050. The summed E-state index contributed by atoms with van der Waals surface area (Å²) in [5, 5.41) is 3.62. The van der Waals surface area contributed by atoms with Crippen molar-refractivity contribution in [3.8, 4) is 11.5 Å². The first kappa shape index (κ1) is 19.8. The van der Waals surface area contributed by atoms with Crippen LogP contribution in [0.25, 0.3) is 0 Å². The Hall–Kier alpha value is -3.47. The summed E-state index contributed by atoms with van der Waals surface area (Å²) in [7, 11) is 3.16. The molecule has 154 valence electrons. The van der Waals surface area contributed by atoms with Crippen LogP contribution >= 0.6 is 0 Å².